The Kier molecular flexibility index (Phi) is 4.71. The van der Waals surface area contributed by atoms with Gasteiger partial charge in [-0.1, -0.05) is 0 Å². The lowest BCUT2D eigenvalue weighted by atomic mass is 10.2. The van der Waals surface area contributed by atoms with Crippen LogP contribution in [-0.4, -0.2) is 33.9 Å². The van der Waals surface area contributed by atoms with Crippen LogP contribution in [0.5, 0.6) is 5.75 Å². The van der Waals surface area contributed by atoms with Gasteiger partial charge in [0.2, 0.25) is 0 Å². The van der Waals surface area contributed by atoms with E-state index in [9.17, 15) is 9.59 Å². The van der Waals surface area contributed by atoms with Crippen molar-refractivity contribution < 1.29 is 14.3 Å². The maximum Gasteiger partial charge on any atom is 0.294 e. The number of Topliss-reactive ketones (excluding diaryl/α,β-unsaturated/α-hetero) is 1. The predicted molar refractivity (Wildman–Crippen MR) is 77.1 cm³/mol. The lowest BCUT2D eigenvalue weighted by molar-refractivity contribution is -0.117. The van der Waals surface area contributed by atoms with Crippen LogP contribution in [0.2, 0.25) is 0 Å². The van der Waals surface area contributed by atoms with Gasteiger partial charge in [0.1, 0.15) is 11.9 Å². The highest BCUT2D eigenvalue weighted by Gasteiger charge is 2.19. The summed E-state index contributed by atoms with van der Waals surface area (Å²) in [6, 6.07) is 6.87. The second kappa shape index (κ2) is 6.69. The van der Waals surface area contributed by atoms with Gasteiger partial charge in [0.05, 0.1) is 18.4 Å². The van der Waals surface area contributed by atoms with Gasteiger partial charge in [-0.05, 0) is 31.2 Å². The van der Waals surface area contributed by atoms with E-state index in [0.717, 1.165) is 0 Å². The SMILES string of the molecule is CC(CNC(=O)C(=O)c1cccn1C)Oc1cccnc1. The third-order valence-corrected chi connectivity index (χ3v) is 2.90. The van der Waals surface area contributed by atoms with Gasteiger partial charge in [-0.3, -0.25) is 14.6 Å². The monoisotopic (exact) mass is 287 g/mol. The van der Waals surface area contributed by atoms with Crippen LogP contribution in [-0.2, 0) is 11.8 Å². The number of nitrogens with zero attached hydrogens (tertiary/aromatic N) is 2. The van der Waals surface area contributed by atoms with Crippen LogP contribution < -0.4 is 10.1 Å². The highest BCUT2D eigenvalue weighted by atomic mass is 16.5. The minimum Gasteiger partial charge on any atom is -0.487 e. The Bertz CT molecular complexity index is 622. The molecule has 0 fully saturated rings. The lowest BCUT2D eigenvalue weighted by Gasteiger charge is -2.14. The third kappa shape index (κ3) is 3.92. The van der Waals surface area contributed by atoms with Crippen molar-refractivity contribution in [2.24, 2.45) is 7.05 Å². The summed E-state index contributed by atoms with van der Waals surface area (Å²) in [5.41, 5.74) is 0.355. The van der Waals surface area contributed by atoms with E-state index in [1.54, 1.807) is 61.4 Å². The fourth-order valence-corrected chi connectivity index (χ4v) is 1.82. The van der Waals surface area contributed by atoms with Gasteiger partial charge in [0.25, 0.3) is 11.7 Å². The minimum absolute atomic E-state index is 0.240. The van der Waals surface area contributed by atoms with Crippen molar-refractivity contribution in [2.75, 3.05) is 6.54 Å². The number of pyridine rings is 1. The summed E-state index contributed by atoms with van der Waals surface area (Å²) in [5, 5.41) is 2.57. The molecule has 0 aliphatic rings. The fourth-order valence-electron chi connectivity index (χ4n) is 1.82. The van der Waals surface area contributed by atoms with E-state index in [4.69, 9.17) is 4.74 Å². The van der Waals surface area contributed by atoms with Crippen LogP contribution >= 0.6 is 0 Å². The Morgan fingerprint density at radius 1 is 1.38 bits per heavy atom. The molecule has 2 aromatic rings. The number of hydrogen-bond donors (Lipinski definition) is 1. The van der Waals surface area contributed by atoms with E-state index in [0.29, 0.717) is 11.4 Å². The molecule has 1 atom stereocenters. The summed E-state index contributed by atoms with van der Waals surface area (Å²) in [7, 11) is 1.72. The van der Waals surface area contributed by atoms with Crippen molar-refractivity contribution in [3.63, 3.8) is 0 Å². The maximum atomic E-state index is 11.9. The molecule has 6 heteroatoms. The van der Waals surface area contributed by atoms with Crippen LogP contribution in [0.4, 0.5) is 0 Å². The van der Waals surface area contributed by atoms with Gasteiger partial charge in [0, 0.05) is 19.4 Å². The molecule has 6 nitrogen and oxygen atoms in total. The van der Waals surface area contributed by atoms with Gasteiger partial charge in [0.15, 0.2) is 0 Å². The standard InChI is InChI=1S/C15H17N3O3/c1-11(21-12-5-3-7-16-10-12)9-17-15(20)14(19)13-6-4-8-18(13)2/h3-8,10-11H,9H2,1-2H3,(H,17,20). The molecule has 0 saturated heterocycles. The highest BCUT2D eigenvalue weighted by Crippen LogP contribution is 2.08. The van der Waals surface area contributed by atoms with E-state index in [1.807, 2.05) is 0 Å². The number of carbonyl (C=O) groups excluding carboxylic acids is 2. The summed E-state index contributed by atoms with van der Waals surface area (Å²) in [5.74, 6) is -0.581. The summed E-state index contributed by atoms with van der Waals surface area (Å²) in [4.78, 5) is 27.7. The summed E-state index contributed by atoms with van der Waals surface area (Å²) in [6.45, 7) is 2.05. The van der Waals surface area contributed by atoms with E-state index in [2.05, 4.69) is 10.3 Å². The first-order valence-corrected chi connectivity index (χ1v) is 6.58. The zero-order chi connectivity index (χ0) is 15.2. The van der Waals surface area contributed by atoms with E-state index in [-0.39, 0.29) is 12.6 Å². The molecule has 1 unspecified atom stereocenters. The van der Waals surface area contributed by atoms with Gasteiger partial charge < -0.3 is 14.6 Å². The number of ketones is 1. The van der Waals surface area contributed by atoms with Crippen molar-refractivity contribution in [1.82, 2.24) is 14.9 Å². The second-order valence-corrected chi connectivity index (χ2v) is 4.66. The molecule has 21 heavy (non-hydrogen) atoms. The topological polar surface area (TPSA) is 73.2 Å². The predicted octanol–water partition coefficient (Wildman–Crippen LogP) is 1.19. The molecule has 110 valence electrons. The van der Waals surface area contributed by atoms with E-state index < -0.39 is 11.7 Å². The summed E-state index contributed by atoms with van der Waals surface area (Å²) < 4.78 is 7.17. The second-order valence-electron chi connectivity index (χ2n) is 4.66. The third-order valence-electron chi connectivity index (χ3n) is 2.90. The fraction of sp³-hybridized carbons (Fsp3) is 0.267. The average molecular weight is 287 g/mol. The smallest absolute Gasteiger partial charge is 0.294 e. The zero-order valence-corrected chi connectivity index (χ0v) is 11.9. The quantitative estimate of drug-likeness (QED) is 0.639. The number of amides is 1. The van der Waals surface area contributed by atoms with Gasteiger partial charge >= 0.3 is 0 Å². The Morgan fingerprint density at radius 2 is 2.19 bits per heavy atom. The first-order chi connectivity index (χ1) is 10.1. The van der Waals surface area contributed by atoms with Crippen LogP contribution in [0.1, 0.15) is 17.4 Å². The molecular formula is C15H17N3O3. The number of aryl methyl sites for hydroxylation is 1. The van der Waals surface area contributed by atoms with Crippen molar-refractivity contribution in [3.05, 3.63) is 48.5 Å². The van der Waals surface area contributed by atoms with Crippen LogP contribution in [0.3, 0.4) is 0 Å². The van der Waals surface area contributed by atoms with Crippen molar-refractivity contribution in [1.29, 1.82) is 0 Å². The zero-order valence-electron chi connectivity index (χ0n) is 11.9. The number of nitrogens with one attached hydrogen (secondary N) is 1. The highest BCUT2D eigenvalue weighted by molar-refractivity contribution is 6.42. The van der Waals surface area contributed by atoms with Crippen LogP contribution in [0.15, 0.2) is 42.9 Å². The van der Waals surface area contributed by atoms with Crippen molar-refractivity contribution in [3.8, 4) is 5.75 Å². The Hall–Kier alpha value is -2.63. The largest absolute Gasteiger partial charge is 0.487 e. The molecule has 1 N–H and O–H groups in total. The number of carbonyl (C=O) groups is 2. The number of aromatic nitrogens is 2. The normalized spacial score (nSPS) is 11.7. The number of ether oxygens (including phenoxy) is 1. The van der Waals surface area contributed by atoms with E-state index in [1.165, 1.54) is 0 Å². The summed E-state index contributed by atoms with van der Waals surface area (Å²) in [6.07, 6.45) is 4.69. The molecule has 0 radical (unpaired) electrons. The Labute approximate surface area is 122 Å². The number of rotatable bonds is 6. The first-order valence-electron chi connectivity index (χ1n) is 6.58. The van der Waals surface area contributed by atoms with Gasteiger partial charge in [-0.15, -0.1) is 0 Å². The Morgan fingerprint density at radius 3 is 2.81 bits per heavy atom. The maximum absolute atomic E-state index is 11.9. The molecule has 2 rings (SSSR count). The molecular weight excluding hydrogens is 270 g/mol. The van der Waals surface area contributed by atoms with E-state index >= 15 is 0 Å². The van der Waals surface area contributed by atoms with Crippen molar-refractivity contribution in [2.45, 2.75) is 13.0 Å². The average Bonchev–Trinajstić information content (AvgIpc) is 2.91. The molecule has 2 aromatic heterocycles. The number of hydrogen-bond acceptors (Lipinski definition) is 4. The molecule has 0 saturated carbocycles. The molecule has 0 spiro atoms. The van der Waals surface area contributed by atoms with Crippen molar-refractivity contribution >= 4 is 11.7 Å². The van der Waals surface area contributed by atoms with Gasteiger partial charge in [-0.25, -0.2) is 0 Å². The first kappa shape index (κ1) is 14.8. The molecule has 2 heterocycles. The molecule has 1 amide bonds. The van der Waals surface area contributed by atoms with Crippen LogP contribution in [0, 0.1) is 0 Å². The van der Waals surface area contributed by atoms with Crippen LogP contribution in [0.25, 0.3) is 0 Å². The summed E-state index contributed by atoms with van der Waals surface area (Å²) >= 11 is 0. The van der Waals surface area contributed by atoms with Gasteiger partial charge in [-0.2, -0.15) is 0 Å². The molecule has 0 bridgehead atoms. The molecule has 0 aliphatic heterocycles. The molecule has 0 aromatic carbocycles. The Balaban J connectivity index is 1.84. The lowest BCUT2D eigenvalue weighted by Crippen LogP contribution is -2.38. The minimum atomic E-state index is -0.640. The molecule has 0 aliphatic carbocycles.